The molecule has 1 N–H and O–H groups in total. The van der Waals surface area contributed by atoms with E-state index < -0.39 is 0 Å². The largest absolute Gasteiger partial charge is 0.354 e. The zero-order chi connectivity index (χ0) is 14.0. The second-order valence-corrected chi connectivity index (χ2v) is 4.81. The summed E-state index contributed by atoms with van der Waals surface area (Å²) < 4.78 is 0. The van der Waals surface area contributed by atoms with Crippen molar-refractivity contribution in [3.63, 3.8) is 0 Å². The predicted molar refractivity (Wildman–Crippen MR) is 77.6 cm³/mol. The van der Waals surface area contributed by atoms with Crippen molar-refractivity contribution in [2.24, 2.45) is 0 Å². The third-order valence-electron chi connectivity index (χ3n) is 3.23. The molecular formula is C16H17N3. The zero-order valence-corrected chi connectivity index (χ0v) is 11.7. The Labute approximate surface area is 113 Å². The second-order valence-electron chi connectivity index (χ2n) is 4.81. The van der Waals surface area contributed by atoms with E-state index in [9.17, 15) is 5.26 Å². The van der Waals surface area contributed by atoms with Gasteiger partial charge >= 0.3 is 0 Å². The van der Waals surface area contributed by atoms with Gasteiger partial charge in [-0.2, -0.15) is 5.26 Å². The normalized spacial score (nSPS) is 10.1. The van der Waals surface area contributed by atoms with Gasteiger partial charge in [-0.05, 0) is 57.0 Å². The summed E-state index contributed by atoms with van der Waals surface area (Å²) >= 11 is 0. The molecule has 2 aromatic rings. The lowest BCUT2D eigenvalue weighted by Gasteiger charge is -2.12. The Morgan fingerprint density at radius 1 is 1.05 bits per heavy atom. The molecule has 0 spiro atoms. The second kappa shape index (κ2) is 5.11. The highest BCUT2D eigenvalue weighted by Crippen LogP contribution is 2.24. The van der Waals surface area contributed by atoms with E-state index in [0.717, 1.165) is 22.8 Å². The number of aryl methyl sites for hydroxylation is 4. The topological polar surface area (TPSA) is 48.7 Å². The van der Waals surface area contributed by atoms with Crippen LogP contribution in [0, 0.1) is 39.0 Å². The Morgan fingerprint density at radius 3 is 2.42 bits per heavy atom. The fourth-order valence-electron chi connectivity index (χ4n) is 2.04. The van der Waals surface area contributed by atoms with Crippen molar-refractivity contribution in [1.29, 1.82) is 5.26 Å². The fraction of sp³-hybridized carbons (Fsp3) is 0.250. The number of hydrogen-bond acceptors (Lipinski definition) is 3. The van der Waals surface area contributed by atoms with Crippen LogP contribution in [-0.2, 0) is 0 Å². The van der Waals surface area contributed by atoms with Gasteiger partial charge in [0.05, 0.1) is 16.9 Å². The Bertz CT molecular complexity index is 666. The van der Waals surface area contributed by atoms with Gasteiger partial charge in [0.2, 0.25) is 0 Å². The van der Waals surface area contributed by atoms with Crippen LogP contribution < -0.4 is 5.32 Å². The minimum Gasteiger partial charge on any atom is -0.354 e. The quantitative estimate of drug-likeness (QED) is 0.879. The molecule has 96 valence electrons. The van der Waals surface area contributed by atoms with Crippen LogP contribution in [0.15, 0.2) is 24.3 Å². The first-order valence-corrected chi connectivity index (χ1v) is 6.24. The number of pyridine rings is 1. The van der Waals surface area contributed by atoms with Crippen molar-refractivity contribution in [1.82, 2.24) is 4.98 Å². The molecule has 0 saturated carbocycles. The molecule has 2 rings (SSSR count). The van der Waals surface area contributed by atoms with E-state index in [4.69, 9.17) is 0 Å². The molecule has 0 saturated heterocycles. The van der Waals surface area contributed by atoms with Gasteiger partial charge in [-0.1, -0.05) is 6.07 Å². The number of nitrogens with zero attached hydrogens (tertiary/aromatic N) is 2. The summed E-state index contributed by atoms with van der Waals surface area (Å²) in [6, 6.07) is 10.3. The number of nitrogens with one attached hydrogen (secondary N) is 1. The van der Waals surface area contributed by atoms with E-state index in [1.165, 1.54) is 11.1 Å². The lowest BCUT2D eigenvalue weighted by Crippen LogP contribution is -2.00. The molecule has 1 aromatic heterocycles. The van der Waals surface area contributed by atoms with Gasteiger partial charge in [0.15, 0.2) is 0 Å². The van der Waals surface area contributed by atoms with Crippen LogP contribution >= 0.6 is 0 Å². The maximum absolute atomic E-state index is 9.24. The standard InChI is InChI=1S/C16H17N3/c1-10-5-6-14(7-11(10)2)19-16-8-12(3)18-13(4)15(16)9-17/h5-8H,1-4H3,(H,18,19). The monoisotopic (exact) mass is 251 g/mol. The molecule has 19 heavy (non-hydrogen) atoms. The summed E-state index contributed by atoms with van der Waals surface area (Å²) in [6.07, 6.45) is 0. The van der Waals surface area contributed by atoms with E-state index >= 15 is 0 Å². The molecule has 0 aliphatic carbocycles. The van der Waals surface area contributed by atoms with Crippen LogP contribution in [0.3, 0.4) is 0 Å². The van der Waals surface area contributed by atoms with Crippen molar-refractivity contribution in [2.75, 3.05) is 5.32 Å². The van der Waals surface area contributed by atoms with Crippen LogP contribution in [0.1, 0.15) is 28.1 Å². The number of benzene rings is 1. The van der Waals surface area contributed by atoms with Crippen LogP contribution in [0.5, 0.6) is 0 Å². The Hall–Kier alpha value is -2.34. The number of anilines is 2. The van der Waals surface area contributed by atoms with E-state index in [0.29, 0.717) is 5.56 Å². The number of aromatic nitrogens is 1. The highest BCUT2D eigenvalue weighted by molar-refractivity contribution is 5.68. The molecule has 0 radical (unpaired) electrons. The third-order valence-corrected chi connectivity index (χ3v) is 3.23. The summed E-state index contributed by atoms with van der Waals surface area (Å²) in [5.41, 5.74) is 6.56. The summed E-state index contributed by atoms with van der Waals surface area (Å²) in [5.74, 6) is 0. The minimum atomic E-state index is 0.601. The van der Waals surface area contributed by atoms with Crippen molar-refractivity contribution in [3.8, 4) is 6.07 Å². The van der Waals surface area contributed by atoms with E-state index in [1.54, 1.807) is 0 Å². The molecule has 1 heterocycles. The van der Waals surface area contributed by atoms with Gasteiger partial charge in [0.25, 0.3) is 0 Å². The Kier molecular flexibility index (Phi) is 3.52. The molecular weight excluding hydrogens is 234 g/mol. The molecule has 0 aliphatic rings. The molecule has 0 unspecified atom stereocenters. The summed E-state index contributed by atoms with van der Waals surface area (Å²) in [6.45, 7) is 7.95. The maximum atomic E-state index is 9.24. The van der Waals surface area contributed by atoms with Gasteiger partial charge < -0.3 is 5.32 Å². The smallest absolute Gasteiger partial charge is 0.103 e. The Morgan fingerprint density at radius 2 is 1.79 bits per heavy atom. The Balaban J connectivity index is 2.43. The van der Waals surface area contributed by atoms with E-state index in [2.05, 4.69) is 42.4 Å². The first kappa shape index (κ1) is 13.1. The van der Waals surface area contributed by atoms with Gasteiger partial charge in [0, 0.05) is 11.4 Å². The summed E-state index contributed by atoms with van der Waals surface area (Å²) in [7, 11) is 0. The molecule has 3 heteroatoms. The highest BCUT2D eigenvalue weighted by atomic mass is 14.9. The lowest BCUT2D eigenvalue weighted by atomic mass is 10.1. The molecule has 0 fully saturated rings. The van der Waals surface area contributed by atoms with Crippen molar-refractivity contribution in [3.05, 3.63) is 52.3 Å². The summed E-state index contributed by atoms with van der Waals surface area (Å²) in [5, 5.41) is 12.5. The number of hydrogen-bond donors (Lipinski definition) is 1. The van der Waals surface area contributed by atoms with Gasteiger partial charge in [0.1, 0.15) is 6.07 Å². The van der Waals surface area contributed by atoms with Crippen LogP contribution in [-0.4, -0.2) is 4.98 Å². The molecule has 0 amide bonds. The third kappa shape index (κ3) is 2.74. The fourth-order valence-corrected chi connectivity index (χ4v) is 2.04. The van der Waals surface area contributed by atoms with E-state index in [-0.39, 0.29) is 0 Å². The van der Waals surface area contributed by atoms with Crippen molar-refractivity contribution < 1.29 is 0 Å². The van der Waals surface area contributed by atoms with E-state index in [1.807, 2.05) is 26.0 Å². The number of rotatable bonds is 2. The van der Waals surface area contributed by atoms with Crippen LogP contribution in [0.25, 0.3) is 0 Å². The predicted octanol–water partition coefficient (Wildman–Crippen LogP) is 3.93. The average Bonchev–Trinajstić information content (AvgIpc) is 2.33. The average molecular weight is 251 g/mol. The molecule has 1 aromatic carbocycles. The minimum absolute atomic E-state index is 0.601. The highest BCUT2D eigenvalue weighted by Gasteiger charge is 2.08. The van der Waals surface area contributed by atoms with Crippen molar-refractivity contribution in [2.45, 2.75) is 27.7 Å². The molecule has 3 nitrogen and oxygen atoms in total. The molecule has 0 atom stereocenters. The number of nitriles is 1. The molecule has 0 aliphatic heterocycles. The maximum Gasteiger partial charge on any atom is 0.103 e. The van der Waals surface area contributed by atoms with Gasteiger partial charge in [-0.25, -0.2) is 0 Å². The first-order valence-electron chi connectivity index (χ1n) is 6.24. The van der Waals surface area contributed by atoms with Crippen LogP contribution in [0.4, 0.5) is 11.4 Å². The van der Waals surface area contributed by atoms with Crippen LogP contribution in [0.2, 0.25) is 0 Å². The lowest BCUT2D eigenvalue weighted by molar-refractivity contribution is 1.11. The molecule has 0 bridgehead atoms. The summed E-state index contributed by atoms with van der Waals surface area (Å²) in [4.78, 5) is 4.32. The van der Waals surface area contributed by atoms with Gasteiger partial charge in [-0.3, -0.25) is 4.98 Å². The first-order chi connectivity index (χ1) is 9.01. The SMILES string of the molecule is Cc1cc(Nc2ccc(C)c(C)c2)c(C#N)c(C)n1. The van der Waals surface area contributed by atoms with Crippen molar-refractivity contribution >= 4 is 11.4 Å². The zero-order valence-electron chi connectivity index (χ0n) is 11.7. The van der Waals surface area contributed by atoms with Gasteiger partial charge in [-0.15, -0.1) is 0 Å².